The van der Waals surface area contributed by atoms with Gasteiger partial charge in [0, 0.05) is 12.8 Å². The van der Waals surface area contributed by atoms with Gasteiger partial charge >= 0.3 is 5.97 Å². The predicted octanol–water partition coefficient (Wildman–Crippen LogP) is 0.0649. The van der Waals surface area contributed by atoms with E-state index in [1.54, 1.807) is 0 Å². The van der Waals surface area contributed by atoms with Gasteiger partial charge in [0.15, 0.2) is 5.79 Å². The van der Waals surface area contributed by atoms with E-state index in [-0.39, 0.29) is 18.0 Å². The number of hydrogen-bond acceptors (Lipinski definition) is 4. The summed E-state index contributed by atoms with van der Waals surface area (Å²) in [5.41, 5.74) is 0. The normalized spacial score (nSPS) is 42.5. The van der Waals surface area contributed by atoms with E-state index in [1.807, 2.05) is 0 Å². The molecule has 0 radical (unpaired) electrons. The maximum atomic E-state index is 10.9. The molecule has 4 nitrogen and oxygen atoms in total. The molecule has 1 aliphatic carbocycles. The van der Waals surface area contributed by atoms with Crippen LogP contribution in [0.15, 0.2) is 0 Å². The average Bonchev–Trinajstić information content (AvgIpc) is 2.60. The minimum Gasteiger partial charge on any atom is -0.461 e. The summed E-state index contributed by atoms with van der Waals surface area (Å²) in [7, 11) is 0. The molecule has 2 saturated heterocycles. The summed E-state index contributed by atoms with van der Waals surface area (Å²) in [6.07, 6.45) is 1.48. The van der Waals surface area contributed by atoms with E-state index in [0.717, 1.165) is 6.42 Å². The van der Waals surface area contributed by atoms with Gasteiger partial charge in [-0.25, -0.2) is 0 Å². The summed E-state index contributed by atoms with van der Waals surface area (Å²) in [5, 5.41) is 0. The monoisotopic (exact) mass is 170 g/mol. The van der Waals surface area contributed by atoms with E-state index in [2.05, 4.69) is 0 Å². The Morgan fingerprint density at radius 2 is 2.00 bits per heavy atom. The fourth-order valence-electron chi connectivity index (χ4n) is 2.25. The Labute approximate surface area is 69.8 Å². The summed E-state index contributed by atoms with van der Waals surface area (Å²) in [4.78, 5) is 10.9. The first-order chi connectivity index (χ1) is 5.79. The van der Waals surface area contributed by atoms with Gasteiger partial charge in [-0.3, -0.25) is 4.79 Å². The molecule has 3 fully saturated rings. The highest BCUT2D eigenvalue weighted by atomic mass is 16.7. The van der Waals surface area contributed by atoms with Gasteiger partial charge in [0.1, 0.15) is 6.10 Å². The number of fused-ring (bicyclic) bond motifs is 1. The molecule has 3 rings (SSSR count). The highest BCUT2D eigenvalue weighted by molar-refractivity contribution is 5.79. The van der Waals surface area contributed by atoms with Crippen molar-refractivity contribution in [3.05, 3.63) is 0 Å². The molecule has 1 spiro atoms. The van der Waals surface area contributed by atoms with Crippen LogP contribution in [0.3, 0.4) is 0 Å². The quantitative estimate of drug-likeness (QED) is 0.482. The van der Waals surface area contributed by atoms with Crippen LogP contribution in [0.25, 0.3) is 0 Å². The third-order valence-corrected chi connectivity index (χ3v) is 2.88. The summed E-state index contributed by atoms with van der Waals surface area (Å²) >= 11 is 0. The van der Waals surface area contributed by atoms with Crippen molar-refractivity contribution in [2.24, 2.45) is 5.92 Å². The minimum absolute atomic E-state index is 0.0445. The second kappa shape index (κ2) is 2.00. The molecule has 3 aliphatic rings. The van der Waals surface area contributed by atoms with Crippen molar-refractivity contribution >= 4 is 5.97 Å². The number of carbonyl (C=O) groups excluding carboxylic acids is 1. The molecule has 2 aliphatic heterocycles. The predicted molar refractivity (Wildman–Crippen MR) is 37.2 cm³/mol. The second-order valence-corrected chi connectivity index (χ2v) is 3.60. The molecule has 0 amide bonds. The van der Waals surface area contributed by atoms with Crippen LogP contribution >= 0.6 is 0 Å². The Kier molecular flexibility index (Phi) is 1.14. The van der Waals surface area contributed by atoms with Crippen LogP contribution in [-0.4, -0.2) is 31.1 Å². The zero-order valence-corrected chi connectivity index (χ0v) is 6.62. The van der Waals surface area contributed by atoms with Crippen molar-refractivity contribution < 1.29 is 19.0 Å². The zero-order valence-electron chi connectivity index (χ0n) is 6.62. The second-order valence-electron chi connectivity index (χ2n) is 3.60. The first-order valence-electron chi connectivity index (χ1n) is 4.28. The Hall–Kier alpha value is -0.610. The van der Waals surface area contributed by atoms with Crippen LogP contribution in [0, 0.1) is 5.92 Å². The smallest absolute Gasteiger partial charge is 0.313 e. The zero-order chi connectivity index (χ0) is 8.18. The lowest BCUT2D eigenvalue weighted by molar-refractivity contribution is -0.180. The third kappa shape index (κ3) is 0.716. The molecule has 66 valence electrons. The van der Waals surface area contributed by atoms with Crippen LogP contribution in [0.5, 0.6) is 0 Å². The van der Waals surface area contributed by atoms with Gasteiger partial charge in [0.25, 0.3) is 0 Å². The van der Waals surface area contributed by atoms with E-state index in [4.69, 9.17) is 14.2 Å². The lowest BCUT2D eigenvalue weighted by Gasteiger charge is -2.27. The number of carbonyl (C=O) groups is 1. The topological polar surface area (TPSA) is 44.8 Å². The highest BCUT2D eigenvalue weighted by Crippen LogP contribution is 2.47. The Morgan fingerprint density at radius 3 is 2.58 bits per heavy atom. The van der Waals surface area contributed by atoms with E-state index in [9.17, 15) is 4.79 Å². The molecule has 0 N–H and O–H groups in total. The van der Waals surface area contributed by atoms with E-state index in [0.29, 0.717) is 19.6 Å². The van der Waals surface area contributed by atoms with Crippen molar-refractivity contribution in [3.8, 4) is 0 Å². The lowest BCUT2D eigenvalue weighted by Crippen LogP contribution is -2.40. The average molecular weight is 170 g/mol. The minimum atomic E-state index is -0.471. The molecule has 1 saturated carbocycles. The van der Waals surface area contributed by atoms with Gasteiger partial charge < -0.3 is 14.2 Å². The van der Waals surface area contributed by atoms with Gasteiger partial charge in [-0.1, -0.05) is 0 Å². The van der Waals surface area contributed by atoms with E-state index in [1.165, 1.54) is 0 Å². The maximum Gasteiger partial charge on any atom is 0.313 e. The molecular formula is C8H10O4. The molecule has 12 heavy (non-hydrogen) atoms. The molecule has 4 heteroatoms. The summed E-state index contributed by atoms with van der Waals surface area (Å²) in [5.74, 6) is -0.513. The standard InChI is InChI=1S/C8H10O4/c9-7-5-3-8(4-6(5)12-7)10-1-2-11-8/h5-6H,1-4H2/t5-,6+/m1/s1. The van der Waals surface area contributed by atoms with Crippen LogP contribution in [0.2, 0.25) is 0 Å². The number of rotatable bonds is 0. The van der Waals surface area contributed by atoms with Gasteiger partial charge in [-0.2, -0.15) is 0 Å². The van der Waals surface area contributed by atoms with Crippen LogP contribution in [-0.2, 0) is 19.0 Å². The molecule has 0 unspecified atom stereocenters. The van der Waals surface area contributed by atoms with Crippen molar-refractivity contribution in [1.82, 2.24) is 0 Å². The largest absolute Gasteiger partial charge is 0.461 e. The SMILES string of the molecule is O=C1O[C@H]2CC3(C[C@@H]12)OCCO3. The first kappa shape index (κ1) is 6.86. The Bertz CT molecular complexity index is 231. The van der Waals surface area contributed by atoms with E-state index < -0.39 is 5.79 Å². The summed E-state index contributed by atoms with van der Waals surface area (Å²) < 4.78 is 15.9. The van der Waals surface area contributed by atoms with Crippen LogP contribution < -0.4 is 0 Å². The van der Waals surface area contributed by atoms with E-state index >= 15 is 0 Å². The molecule has 0 aromatic heterocycles. The van der Waals surface area contributed by atoms with Crippen LogP contribution in [0.4, 0.5) is 0 Å². The number of esters is 1. The molecular weight excluding hydrogens is 160 g/mol. The van der Waals surface area contributed by atoms with Gasteiger partial charge in [-0.15, -0.1) is 0 Å². The Morgan fingerprint density at radius 1 is 1.25 bits per heavy atom. The Balaban J connectivity index is 1.81. The van der Waals surface area contributed by atoms with Crippen molar-refractivity contribution in [2.75, 3.05) is 13.2 Å². The fraction of sp³-hybridized carbons (Fsp3) is 0.875. The van der Waals surface area contributed by atoms with Gasteiger partial charge in [-0.05, 0) is 0 Å². The molecule has 0 bridgehead atoms. The van der Waals surface area contributed by atoms with Crippen molar-refractivity contribution in [2.45, 2.75) is 24.7 Å². The molecule has 2 heterocycles. The van der Waals surface area contributed by atoms with Crippen molar-refractivity contribution in [1.29, 1.82) is 0 Å². The van der Waals surface area contributed by atoms with Gasteiger partial charge in [0.05, 0.1) is 19.1 Å². The fourth-order valence-corrected chi connectivity index (χ4v) is 2.25. The van der Waals surface area contributed by atoms with Crippen molar-refractivity contribution in [3.63, 3.8) is 0 Å². The first-order valence-corrected chi connectivity index (χ1v) is 4.28. The number of hydrogen-bond donors (Lipinski definition) is 0. The lowest BCUT2D eigenvalue weighted by atomic mass is 10.0. The third-order valence-electron chi connectivity index (χ3n) is 2.88. The molecule has 0 aromatic carbocycles. The maximum absolute atomic E-state index is 10.9. The highest BCUT2D eigenvalue weighted by Gasteiger charge is 2.59. The summed E-state index contributed by atoms with van der Waals surface area (Å²) in [6.45, 7) is 1.29. The molecule has 0 aromatic rings. The van der Waals surface area contributed by atoms with Gasteiger partial charge in [0.2, 0.25) is 0 Å². The number of ether oxygens (including phenoxy) is 3. The molecule has 2 atom stereocenters. The van der Waals surface area contributed by atoms with Crippen LogP contribution in [0.1, 0.15) is 12.8 Å². The summed E-state index contributed by atoms with van der Waals surface area (Å²) in [6, 6.07) is 0.